The van der Waals surface area contributed by atoms with Crippen LogP contribution < -0.4 is 5.73 Å². The van der Waals surface area contributed by atoms with Gasteiger partial charge in [-0.05, 0) is 18.9 Å². The number of halogens is 1. The summed E-state index contributed by atoms with van der Waals surface area (Å²) in [6.45, 7) is 1.96. The van der Waals surface area contributed by atoms with Crippen LogP contribution in [0.2, 0.25) is 0 Å². The number of non-ortho nitro benzene ring substituents is 1. The Kier molecular flexibility index (Phi) is 6.92. The fraction of sp³-hybridized carbons (Fsp3) is 0.364. The van der Waals surface area contributed by atoms with Crippen molar-refractivity contribution in [3.8, 4) is 0 Å². The Morgan fingerprint density at radius 2 is 2.22 bits per heavy atom. The summed E-state index contributed by atoms with van der Waals surface area (Å²) in [5, 5.41) is 10.6. The van der Waals surface area contributed by atoms with Crippen molar-refractivity contribution in [2.75, 3.05) is 6.61 Å². The van der Waals surface area contributed by atoms with Gasteiger partial charge < -0.3 is 10.5 Å². The van der Waals surface area contributed by atoms with Crippen LogP contribution in [0.5, 0.6) is 0 Å². The predicted octanol–water partition coefficient (Wildman–Crippen LogP) is 1.45. The first-order valence-corrected chi connectivity index (χ1v) is 5.20. The van der Waals surface area contributed by atoms with Gasteiger partial charge in [0, 0.05) is 12.1 Å². The molecule has 0 amide bonds. The van der Waals surface area contributed by atoms with Gasteiger partial charge in [0.2, 0.25) is 0 Å². The number of rotatable bonds is 5. The fourth-order valence-corrected chi connectivity index (χ4v) is 1.38. The zero-order chi connectivity index (χ0) is 12.8. The third kappa shape index (κ3) is 4.68. The zero-order valence-corrected chi connectivity index (χ0v) is 10.7. The van der Waals surface area contributed by atoms with Gasteiger partial charge >= 0.3 is 5.97 Å². The topological polar surface area (TPSA) is 95.5 Å². The molecule has 7 heteroatoms. The summed E-state index contributed by atoms with van der Waals surface area (Å²) < 4.78 is 4.76. The van der Waals surface area contributed by atoms with E-state index in [1.54, 1.807) is 19.1 Å². The Labute approximate surface area is 111 Å². The molecule has 0 heterocycles. The van der Waals surface area contributed by atoms with Crippen LogP contribution in [0.3, 0.4) is 0 Å². The summed E-state index contributed by atoms with van der Waals surface area (Å²) in [6.07, 6.45) is 0.223. The number of benzene rings is 1. The molecular weight excluding hydrogens is 260 g/mol. The summed E-state index contributed by atoms with van der Waals surface area (Å²) in [5.74, 6) is -0.501. The third-order valence-electron chi connectivity index (χ3n) is 2.17. The number of nitrogens with two attached hydrogens (primary N) is 1. The van der Waals surface area contributed by atoms with E-state index in [-0.39, 0.29) is 31.1 Å². The molecular formula is C11H15ClN2O4. The Bertz CT molecular complexity index is 425. The molecule has 0 unspecified atom stereocenters. The molecule has 0 aromatic heterocycles. The van der Waals surface area contributed by atoms with Crippen molar-refractivity contribution in [1.29, 1.82) is 0 Å². The predicted molar refractivity (Wildman–Crippen MR) is 68.7 cm³/mol. The molecule has 6 nitrogen and oxygen atoms in total. The second kappa shape index (κ2) is 7.62. The van der Waals surface area contributed by atoms with Gasteiger partial charge in [0.05, 0.1) is 11.5 Å². The van der Waals surface area contributed by atoms with Gasteiger partial charge in [0.25, 0.3) is 5.69 Å². The summed E-state index contributed by atoms with van der Waals surface area (Å²) in [4.78, 5) is 21.4. The second-order valence-corrected chi connectivity index (χ2v) is 3.49. The van der Waals surface area contributed by atoms with Gasteiger partial charge in [-0.25, -0.2) is 0 Å². The highest BCUT2D eigenvalue weighted by atomic mass is 35.5. The van der Waals surface area contributed by atoms with Crippen LogP contribution in [0, 0.1) is 10.1 Å². The summed E-state index contributed by atoms with van der Waals surface area (Å²) in [5.41, 5.74) is 6.24. The van der Waals surface area contributed by atoms with Gasteiger partial charge in [0.15, 0.2) is 0 Å². The van der Waals surface area contributed by atoms with Crippen molar-refractivity contribution >= 4 is 24.1 Å². The van der Waals surface area contributed by atoms with Crippen LogP contribution in [0.1, 0.15) is 12.5 Å². The Balaban J connectivity index is 0.00000289. The first-order chi connectivity index (χ1) is 8.04. The molecule has 0 aliphatic rings. The minimum Gasteiger partial charge on any atom is -0.465 e. The highest BCUT2D eigenvalue weighted by molar-refractivity contribution is 5.85. The molecule has 1 rings (SSSR count). The van der Waals surface area contributed by atoms with Crippen molar-refractivity contribution in [1.82, 2.24) is 0 Å². The van der Waals surface area contributed by atoms with E-state index in [2.05, 4.69) is 0 Å². The summed E-state index contributed by atoms with van der Waals surface area (Å²) in [6, 6.07) is 5.24. The molecule has 0 aliphatic heterocycles. The lowest BCUT2D eigenvalue weighted by atomic mass is 10.1. The Morgan fingerprint density at radius 1 is 1.56 bits per heavy atom. The van der Waals surface area contributed by atoms with E-state index >= 15 is 0 Å². The van der Waals surface area contributed by atoms with Crippen LogP contribution in [0.25, 0.3) is 0 Å². The number of hydrogen-bond donors (Lipinski definition) is 1. The van der Waals surface area contributed by atoms with Gasteiger partial charge in [-0.3, -0.25) is 14.9 Å². The minimum atomic E-state index is -0.794. The van der Waals surface area contributed by atoms with Crippen molar-refractivity contribution in [3.63, 3.8) is 0 Å². The maximum Gasteiger partial charge on any atom is 0.323 e. The van der Waals surface area contributed by atoms with E-state index in [0.29, 0.717) is 5.56 Å². The molecule has 18 heavy (non-hydrogen) atoms. The first kappa shape index (κ1) is 16.3. The van der Waals surface area contributed by atoms with Crippen LogP contribution in [-0.2, 0) is 16.0 Å². The monoisotopic (exact) mass is 274 g/mol. The van der Waals surface area contributed by atoms with Gasteiger partial charge in [0.1, 0.15) is 6.04 Å². The average molecular weight is 275 g/mol. The highest BCUT2D eigenvalue weighted by Gasteiger charge is 2.16. The number of carbonyl (C=O) groups is 1. The molecule has 0 fully saturated rings. The zero-order valence-electron chi connectivity index (χ0n) is 9.87. The summed E-state index contributed by atoms with van der Waals surface area (Å²) >= 11 is 0. The Morgan fingerprint density at radius 3 is 2.78 bits per heavy atom. The van der Waals surface area contributed by atoms with Crippen molar-refractivity contribution in [3.05, 3.63) is 39.9 Å². The number of nitro groups is 1. The molecule has 0 aliphatic carbocycles. The largest absolute Gasteiger partial charge is 0.465 e. The molecule has 0 bridgehead atoms. The van der Waals surface area contributed by atoms with Crippen molar-refractivity contribution in [2.24, 2.45) is 5.73 Å². The van der Waals surface area contributed by atoms with Crippen LogP contribution >= 0.6 is 12.4 Å². The molecule has 0 radical (unpaired) electrons. The van der Waals surface area contributed by atoms with Crippen molar-refractivity contribution in [2.45, 2.75) is 19.4 Å². The Hall–Kier alpha value is -1.66. The number of nitrogens with zero attached hydrogens (tertiary/aromatic N) is 1. The maximum atomic E-state index is 11.3. The van der Waals surface area contributed by atoms with E-state index in [9.17, 15) is 14.9 Å². The second-order valence-electron chi connectivity index (χ2n) is 3.49. The molecule has 0 spiro atoms. The van der Waals surface area contributed by atoms with Crippen molar-refractivity contribution < 1.29 is 14.5 Å². The molecule has 1 atom stereocenters. The normalized spacial score (nSPS) is 11.2. The van der Waals surface area contributed by atoms with Gasteiger partial charge in [-0.2, -0.15) is 0 Å². The van der Waals surface area contributed by atoms with E-state index in [1.807, 2.05) is 0 Å². The van der Waals surface area contributed by atoms with E-state index in [4.69, 9.17) is 10.5 Å². The SMILES string of the molecule is CCOC(=O)[C@@H](N)Cc1cccc([N+](=O)[O-])c1.Cl. The fourth-order valence-electron chi connectivity index (χ4n) is 1.38. The number of hydrogen-bond acceptors (Lipinski definition) is 5. The number of carbonyl (C=O) groups excluding carboxylic acids is 1. The lowest BCUT2D eigenvalue weighted by Gasteiger charge is -2.10. The molecule has 0 saturated carbocycles. The quantitative estimate of drug-likeness (QED) is 0.498. The first-order valence-electron chi connectivity index (χ1n) is 5.20. The third-order valence-corrected chi connectivity index (χ3v) is 2.17. The average Bonchev–Trinajstić information content (AvgIpc) is 2.29. The van der Waals surface area contributed by atoms with Gasteiger partial charge in [-0.15, -0.1) is 12.4 Å². The maximum absolute atomic E-state index is 11.3. The number of ether oxygens (including phenoxy) is 1. The number of esters is 1. The van der Waals surface area contributed by atoms with E-state index in [1.165, 1.54) is 12.1 Å². The van der Waals surface area contributed by atoms with Crippen LogP contribution in [-0.4, -0.2) is 23.5 Å². The lowest BCUT2D eigenvalue weighted by Crippen LogP contribution is -2.34. The van der Waals surface area contributed by atoms with Crippen LogP contribution in [0.4, 0.5) is 5.69 Å². The standard InChI is InChI=1S/C11H14N2O4.ClH/c1-2-17-11(14)10(12)7-8-4-3-5-9(6-8)13(15)16;/h3-6,10H,2,7,12H2,1H3;1H/t10-;/m0./s1. The van der Waals surface area contributed by atoms with E-state index < -0.39 is 16.9 Å². The molecule has 1 aromatic rings. The minimum absolute atomic E-state index is 0. The highest BCUT2D eigenvalue weighted by Crippen LogP contribution is 2.14. The number of nitro benzene ring substituents is 1. The smallest absolute Gasteiger partial charge is 0.323 e. The van der Waals surface area contributed by atoms with Crippen LogP contribution in [0.15, 0.2) is 24.3 Å². The van der Waals surface area contributed by atoms with Gasteiger partial charge in [-0.1, -0.05) is 12.1 Å². The van der Waals surface area contributed by atoms with E-state index in [0.717, 1.165) is 0 Å². The summed E-state index contributed by atoms with van der Waals surface area (Å²) in [7, 11) is 0. The molecule has 2 N–H and O–H groups in total. The molecule has 0 saturated heterocycles. The lowest BCUT2D eigenvalue weighted by molar-refractivity contribution is -0.384. The molecule has 1 aromatic carbocycles. The molecule has 100 valence electrons.